The molecular weight excluding hydrogens is 443 g/mol. The lowest BCUT2D eigenvalue weighted by Gasteiger charge is -2.24. The Morgan fingerprint density at radius 1 is 1.27 bits per heavy atom. The van der Waals surface area contributed by atoms with Crippen molar-refractivity contribution in [2.75, 3.05) is 45.9 Å². The molecule has 0 radical (unpaired) electrons. The highest BCUT2D eigenvalue weighted by molar-refractivity contribution is 14.0. The first-order chi connectivity index (χ1) is 12.3. The van der Waals surface area contributed by atoms with Crippen LogP contribution in [0.1, 0.15) is 51.3 Å². The predicted molar refractivity (Wildman–Crippen MR) is 117 cm³/mol. The van der Waals surface area contributed by atoms with Gasteiger partial charge in [0, 0.05) is 26.3 Å². The topological polar surface area (TPSA) is 62.0 Å². The summed E-state index contributed by atoms with van der Waals surface area (Å²) in [6.07, 6.45) is 6.43. The van der Waals surface area contributed by atoms with Crippen LogP contribution in [0.25, 0.3) is 0 Å². The standard InChI is InChI=1S/C19H34N4O2.HI/c1-3-20-19(21-11-5-8-14-24-4-2)22-16-17(18-10-9-15-25-18)23-12-6-7-13-23;/h9-10,15,17H,3-8,11-14,16H2,1-2H3,(H2,20,21,22);1H. The van der Waals surface area contributed by atoms with Gasteiger partial charge in [-0.2, -0.15) is 0 Å². The molecule has 26 heavy (non-hydrogen) atoms. The monoisotopic (exact) mass is 478 g/mol. The molecule has 0 saturated carbocycles. The zero-order valence-corrected chi connectivity index (χ0v) is 18.5. The van der Waals surface area contributed by atoms with Crippen LogP contribution in [-0.2, 0) is 4.74 Å². The summed E-state index contributed by atoms with van der Waals surface area (Å²) < 4.78 is 11.0. The lowest BCUT2D eigenvalue weighted by atomic mass is 10.2. The van der Waals surface area contributed by atoms with Crippen LogP contribution in [-0.4, -0.2) is 56.8 Å². The maximum Gasteiger partial charge on any atom is 0.191 e. The van der Waals surface area contributed by atoms with Crippen molar-refractivity contribution >= 4 is 29.9 Å². The van der Waals surface area contributed by atoms with Crippen LogP contribution >= 0.6 is 24.0 Å². The van der Waals surface area contributed by atoms with E-state index in [2.05, 4.69) is 28.5 Å². The molecule has 1 atom stereocenters. The minimum absolute atomic E-state index is 0. The van der Waals surface area contributed by atoms with Crippen LogP contribution in [0.5, 0.6) is 0 Å². The van der Waals surface area contributed by atoms with Crippen molar-refractivity contribution in [1.29, 1.82) is 0 Å². The lowest BCUT2D eigenvalue weighted by molar-refractivity contribution is 0.143. The molecule has 0 bridgehead atoms. The average molecular weight is 478 g/mol. The van der Waals surface area contributed by atoms with Crippen molar-refractivity contribution in [2.45, 2.75) is 45.6 Å². The fraction of sp³-hybridized carbons (Fsp3) is 0.737. The largest absolute Gasteiger partial charge is 0.468 e. The number of ether oxygens (including phenoxy) is 1. The molecule has 1 saturated heterocycles. The van der Waals surface area contributed by atoms with E-state index in [1.54, 1.807) is 6.26 Å². The van der Waals surface area contributed by atoms with Crippen LogP contribution < -0.4 is 10.6 Å². The Balaban J connectivity index is 0.00000338. The summed E-state index contributed by atoms with van der Waals surface area (Å²) in [4.78, 5) is 7.29. The number of guanidine groups is 1. The van der Waals surface area contributed by atoms with Crippen LogP contribution in [0.15, 0.2) is 27.8 Å². The molecule has 2 rings (SSSR count). The first-order valence-electron chi connectivity index (χ1n) is 9.72. The van der Waals surface area contributed by atoms with Gasteiger partial charge in [-0.25, -0.2) is 0 Å². The molecule has 1 aliphatic rings. The summed E-state index contributed by atoms with van der Waals surface area (Å²) in [6, 6.07) is 4.25. The third kappa shape index (κ3) is 8.26. The first kappa shape index (κ1) is 23.2. The lowest BCUT2D eigenvalue weighted by Crippen LogP contribution is -2.39. The molecule has 0 amide bonds. The second-order valence-electron chi connectivity index (χ2n) is 6.32. The summed E-state index contributed by atoms with van der Waals surface area (Å²) in [5, 5.41) is 6.76. The van der Waals surface area contributed by atoms with Crippen molar-refractivity contribution in [1.82, 2.24) is 15.5 Å². The summed E-state index contributed by atoms with van der Waals surface area (Å²) in [7, 11) is 0. The number of nitrogens with zero attached hydrogens (tertiary/aromatic N) is 2. The van der Waals surface area contributed by atoms with Crippen molar-refractivity contribution < 1.29 is 9.15 Å². The number of nitrogens with one attached hydrogen (secondary N) is 2. The summed E-state index contributed by atoms with van der Waals surface area (Å²) >= 11 is 0. The van der Waals surface area contributed by atoms with Gasteiger partial charge in [-0.15, -0.1) is 24.0 Å². The fourth-order valence-electron chi connectivity index (χ4n) is 3.12. The second-order valence-corrected chi connectivity index (χ2v) is 6.32. The van der Waals surface area contributed by atoms with Gasteiger partial charge in [0.25, 0.3) is 0 Å². The molecule has 0 spiro atoms. The van der Waals surface area contributed by atoms with E-state index in [0.29, 0.717) is 6.54 Å². The van der Waals surface area contributed by atoms with Gasteiger partial charge >= 0.3 is 0 Å². The molecule has 1 aliphatic heterocycles. The quantitative estimate of drug-likeness (QED) is 0.221. The van der Waals surface area contributed by atoms with Crippen molar-refractivity contribution in [2.24, 2.45) is 4.99 Å². The highest BCUT2D eigenvalue weighted by atomic mass is 127. The van der Waals surface area contributed by atoms with Gasteiger partial charge in [0.05, 0.1) is 18.8 Å². The normalized spacial score (nSPS) is 16.3. The van der Waals surface area contributed by atoms with E-state index < -0.39 is 0 Å². The van der Waals surface area contributed by atoms with Gasteiger partial charge in [0.15, 0.2) is 5.96 Å². The third-order valence-corrected chi connectivity index (χ3v) is 4.43. The minimum Gasteiger partial charge on any atom is -0.468 e. The molecule has 2 N–H and O–H groups in total. The first-order valence-corrected chi connectivity index (χ1v) is 9.72. The minimum atomic E-state index is 0. The van der Waals surface area contributed by atoms with E-state index in [1.165, 1.54) is 12.8 Å². The molecule has 1 unspecified atom stereocenters. The number of halogens is 1. The Morgan fingerprint density at radius 2 is 2.08 bits per heavy atom. The molecule has 7 heteroatoms. The van der Waals surface area contributed by atoms with Crippen LogP contribution in [0.4, 0.5) is 0 Å². The SMILES string of the molecule is CCNC(=NCC(c1ccco1)N1CCCC1)NCCCCOCC.I. The zero-order valence-electron chi connectivity index (χ0n) is 16.2. The molecule has 1 aromatic heterocycles. The number of unbranched alkanes of at least 4 members (excludes halogenated alkanes) is 1. The predicted octanol–water partition coefficient (Wildman–Crippen LogP) is 3.41. The van der Waals surface area contributed by atoms with Gasteiger partial charge < -0.3 is 19.8 Å². The van der Waals surface area contributed by atoms with Crippen molar-refractivity contribution in [3.05, 3.63) is 24.2 Å². The maximum atomic E-state index is 5.67. The van der Waals surface area contributed by atoms with Gasteiger partial charge in [-0.05, 0) is 64.8 Å². The molecule has 0 aromatic carbocycles. The number of hydrogen-bond donors (Lipinski definition) is 2. The Labute approximate surface area is 175 Å². The van der Waals surface area contributed by atoms with Gasteiger partial charge in [-0.1, -0.05) is 0 Å². The Kier molecular flexibility index (Phi) is 12.8. The van der Waals surface area contributed by atoms with Gasteiger partial charge in [0.2, 0.25) is 0 Å². The number of furan rings is 1. The van der Waals surface area contributed by atoms with E-state index in [0.717, 1.165) is 64.0 Å². The summed E-state index contributed by atoms with van der Waals surface area (Å²) in [6.45, 7) is 10.5. The van der Waals surface area contributed by atoms with E-state index in [1.807, 2.05) is 13.0 Å². The average Bonchev–Trinajstić information content (AvgIpc) is 3.32. The van der Waals surface area contributed by atoms with E-state index in [-0.39, 0.29) is 30.0 Å². The van der Waals surface area contributed by atoms with E-state index in [9.17, 15) is 0 Å². The maximum absolute atomic E-state index is 5.67. The highest BCUT2D eigenvalue weighted by Crippen LogP contribution is 2.25. The summed E-state index contributed by atoms with van der Waals surface area (Å²) in [5.74, 6) is 1.90. The number of aliphatic imine (C=N–C) groups is 1. The highest BCUT2D eigenvalue weighted by Gasteiger charge is 2.25. The Morgan fingerprint density at radius 3 is 2.73 bits per heavy atom. The smallest absolute Gasteiger partial charge is 0.191 e. The molecule has 1 aromatic rings. The molecule has 1 fully saturated rings. The Hall–Kier alpha value is -0.800. The third-order valence-electron chi connectivity index (χ3n) is 4.43. The van der Waals surface area contributed by atoms with Gasteiger partial charge in [-0.3, -0.25) is 9.89 Å². The van der Waals surface area contributed by atoms with E-state index >= 15 is 0 Å². The summed E-state index contributed by atoms with van der Waals surface area (Å²) in [5.41, 5.74) is 0. The molecule has 2 heterocycles. The molecule has 150 valence electrons. The second kappa shape index (κ2) is 14.3. The van der Waals surface area contributed by atoms with Crippen LogP contribution in [0.2, 0.25) is 0 Å². The molecule has 0 aliphatic carbocycles. The zero-order chi connectivity index (χ0) is 17.7. The van der Waals surface area contributed by atoms with Crippen LogP contribution in [0.3, 0.4) is 0 Å². The van der Waals surface area contributed by atoms with Crippen molar-refractivity contribution in [3.63, 3.8) is 0 Å². The Bertz CT molecular complexity index is 476. The number of hydrogen-bond acceptors (Lipinski definition) is 4. The molecular formula is C19H35IN4O2. The number of rotatable bonds is 11. The van der Waals surface area contributed by atoms with E-state index in [4.69, 9.17) is 14.1 Å². The number of likely N-dealkylation sites (tertiary alicyclic amines) is 1. The van der Waals surface area contributed by atoms with Crippen molar-refractivity contribution in [3.8, 4) is 0 Å². The van der Waals surface area contributed by atoms with Crippen LogP contribution in [0, 0.1) is 0 Å². The van der Waals surface area contributed by atoms with Gasteiger partial charge in [0.1, 0.15) is 5.76 Å². The fourth-order valence-corrected chi connectivity index (χ4v) is 3.12. The molecule has 6 nitrogen and oxygen atoms in total.